The first-order valence-electron chi connectivity index (χ1n) is 8.72. The maximum absolute atomic E-state index is 12.4. The number of aromatic nitrogens is 2. The van der Waals surface area contributed by atoms with Crippen molar-refractivity contribution in [1.82, 2.24) is 15.3 Å². The highest BCUT2D eigenvalue weighted by atomic mass is 32.1. The molecule has 2 aliphatic rings. The van der Waals surface area contributed by atoms with Gasteiger partial charge in [0.05, 0.1) is 0 Å². The minimum atomic E-state index is -0.0586. The molecule has 0 saturated heterocycles. The molecule has 0 spiro atoms. The third-order valence-electron chi connectivity index (χ3n) is 4.57. The third kappa shape index (κ3) is 3.59. The number of fused-ring (bicyclic) bond motifs is 1. The quantitative estimate of drug-likeness (QED) is 0.877. The number of pyridine rings is 1. The molecule has 2 aromatic rings. The number of nitrogens with zero attached hydrogens (tertiary/aromatic N) is 3. The number of anilines is 1. The second-order valence-corrected chi connectivity index (χ2v) is 7.67. The van der Waals surface area contributed by atoms with Gasteiger partial charge in [-0.05, 0) is 43.7 Å². The van der Waals surface area contributed by atoms with E-state index in [2.05, 4.69) is 20.2 Å². The van der Waals surface area contributed by atoms with Gasteiger partial charge in [0.25, 0.3) is 5.91 Å². The number of nitrogens with one attached hydrogen (secondary N) is 1. The van der Waals surface area contributed by atoms with Crippen molar-refractivity contribution in [2.45, 2.75) is 32.1 Å². The zero-order valence-corrected chi connectivity index (χ0v) is 14.5. The predicted molar refractivity (Wildman–Crippen MR) is 95.6 cm³/mol. The highest BCUT2D eigenvalue weighted by Gasteiger charge is 2.29. The molecule has 1 saturated carbocycles. The Bertz CT molecular complexity index is 711. The molecule has 1 fully saturated rings. The highest BCUT2D eigenvalue weighted by molar-refractivity contribution is 7.14. The van der Waals surface area contributed by atoms with Crippen molar-refractivity contribution in [3.8, 4) is 0 Å². The zero-order valence-electron chi connectivity index (χ0n) is 13.7. The van der Waals surface area contributed by atoms with Gasteiger partial charge >= 0.3 is 0 Å². The predicted octanol–water partition coefficient (Wildman–Crippen LogP) is 2.67. The standard InChI is InChI=1S/C18H22N4OS/c23-17(20-10-8-14-4-1-2-9-19-14)18-21-16-15(24-18)5-3-11-22(16)12-13-6-7-13/h1-2,4,9,13H,3,5-8,10-12H2,(H,20,23). The van der Waals surface area contributed by atoms with Crippen LogP contribution in [0.5, 0.6) is 0 Å². The second-order valence-electron chi connectivity index (χ2n) is 6.59. The van der Waals surface area contributed by atoms with Crippen molar-refractivity contribution in [2.24, 2.45) is 5.92 Å². The molecule has 5 nitrogen and oxygen atoms in total. The van der Waals surface area contributed by atoms with Gasteiger partial charge in [0.15, 0.2) is 5.01 Å². The first kappa shape index (κ1) is 15.6. The lowest BCUT2D eigenvalue weighted by atomic mass is 10.1. The molecule has 2 aromatic heterocycles. The fourth-order valence-electron chi connectivity index (χ4n) is 3.10. The summed E-state index contributed by atoms with van der Waals surface area (Å²) >= 11 is 1.56. The first-order chi connectivity index (χ1) is 11.8. The fourth-order valence-corrected chi connectivity index (χ4v) is 4.15. The van der Waals surface area contributed by atoms with Crippen LogP contribution in [0.15, 0.2) is 24.4 Å². The normalized spacial score (nSPS) is 16.8. The summed E-state index contributed by atoms with van der Waals surface area (Å²) in [4.78, 5) is 25.0. The molecule has 0 radical (unpaired) electrons. The summed E-state index contributed by atoms with van der Waals surface area (Å²) in [5.41, 5.74) is 0.992. The Balaban J connectivity index is 1.37. The van der Waals surface area contributed by atoms with Gasteiger partial charge in [-0.15, -0.1) is 11.3 Å². The maximum Gasteiger partial charge on any atom is 0.280 e. The van der Waals surface area contributed by atoms with Crippen LogP contribution in [0.3, 0.4) is 0 Å². The molecule has 6 heteroatoms. The molecule has 24 heavy (non-hydrogen) atoms. The summed E-state index contributed by atoms with van der Waals surface area (Å²) in [5, 5.41) is 3.58. The van der Waals surface area contributed by atoms with Crippen LogP contribution in [-0.4, -0.2) is 35.5 Å². The van der Waals surface area contributed by atoms with Crippen molar-refractivity contribution in [3.63, 3.8) is 0 Å². The summed E-state index contributed by atoms with van der Waals surface area (Å²) in [7, 11) is 0. The van der Waals surface area contributed by atoms with Gasteiger partial charge < -0.3 is 10.2 Å². The number of rotatable bonds is 6. The number of hydrogen-bond donors (Lipinski definition) is 1. The van der Waals surface area contributed by atoms with E-state index in [0.29, 0.717) is 11.6 Å². The van der Waals surface area contributed by atoms with Crippen molar-refractivity contribution in [1.29, 1.82) is 0 Å². The van der Waals surface area contributed by atoms with Gasteiger partial charge in [-0.2, -0.15) is 0 Å². The van der Waals surface area contributed by atoms with Crippen LogP contribution in [0.2, 0.25) is 0 Å². The minimum absolute atomic E-state index is 0.0586. The average Bonchev–Trinajstić information content (AvgIpc) is 3.31. The van der Waals surface area contributed by atoms with Crippen molar-refractivity contribution in [2.75, 3.05) is 24.5 Å². The smallest absolute Gasteiger partial charge is 0.280 e. The van der Waals surface area contributed by atoms with Crippen LogP contribution < -0.4 is 10.2 Å². The molecular formula is C18H22N4OS. The number of thiazole rings is 1. The third-order valence-corrected chi connectivity index (χ3v) is 5.67. The van der Waals surface area contributed by atoms with Crippen LogP contribution in [-0.2, 0) is 12.8 Å². The summed E-state index contributed by atoms with van der Waals surface area (Å²) in [5.74, 6) is 1.85. The lowest BCUT2D eigenvalue weighted by Gasteiger charge is -2.27. The summed E-state index contributed by atoms with van der Waals surface area (Å²) in [6.45, 7) is 2.78. The molecule has 126 valence electrons. The van der Waals surface area contributed by atoms with Crippen molar-refractivity contribution < 1.29 is 4.79 Å². The van der Waals surface area contributed by atoms with Crippen molar-refractivity contribution >= 4 is 23.1 Å². The van der Waals surface area contributed by atoms with E-state index in [-0.39, 0.29) is 5.91 Å². The Morgan fingerprint density at radius 2 is 2.29 bits per heavy atom. The topological polar surface area (TPSA) is 58.1 Å². The van der Waals surface area contributed by atoms with Gasteiger partial charge in [-0.3, -0.25) is 9.78 Å². The second kappa shape index (κ2) is 6.89. The molecular weight excluding hydrogens is 320 g/mol. The Hall–Kier alpha value is -1.95. The van der Waals surface area contributed by atoms with E-state index in [0.717, 1.165) is 43.4 Å². The molecule has 1 aliphatic heterocycles. The summed E-state index contributed by atoms with van der Waals surface area (Å²) in [6.07, 6.45) is 7.43. The Morgan fingerprint density at radius 1 is 1.38 bits per heavy atom. The van der Waals surface area contributed by atoms with Gasteiger partial charge in [0.1, 0.15) is 5.82 Å². The number of carbonyl (C=O) groups is 1. The highest BCUT2D eigenvalue weighted by Crippen LogP contribution is 2.36. The van der Waals surface area contributed by atoms with E-state index in [4.69, 9.17) is 0 Å². The number of aryl methyl sites for hydroxylation is 1. The van der Waals surface area contributed by atoms with Crippen LogP contribution in [0.4, 0.5) is 5.82 Å². The van der Waals surface area contributed by atoms with E-state index >= 15 is 0 Å². The van der Waals surface area contributed by atoms with E-state index in [1.165, 1.54) is 24.1 Å². The van der Waals surface area contributed by atoms with Gasteiger partial charge in [0.2, 0.25) is 0 Å². The Labute approximate surface area is 146 Å². The molecule has 1 N–H and O–H groups in total. The maximum atomic E-state index is 12.4. The van der Waals surface area contributed by atoms with E-state index in [1.54, 1.807) is 17.5 Å². The van der Waals surface area contributed by atoms with Crippen LogP contribution >= 0.6 is 11.3 Å². The number of carbonyl (C=O) groups excluding carboxylic acids is 1. The summed E-state index contributed by atoms with van der Waals surface area (Å²) < 4.78 is 0. The molecule has 0 bridgehead atoms. The van der Waals surface area contributed by atoms with Crippen molar-refractivity contribution in [3.05, 3.63) is 40.0 Å². The van der Waals surface area contributed by atoms with E-state index < -0.39 is 0 Å². The zero-order chi connectivity index (χ0) is 16.4. The van der Waals surface area contributed by atoms with Gasteiger partial charge in [0, 0.05) is 42.8 Å². The first-order valence-corrected chi connectivity index (χ1v) is 9.54. The van der Waals surface area contributed by atoms with Gasteiger partial charge in [-0.1, -0.05) is 6.07 Å². The fraction of sp³-hybridized carbons (Fsp3) is 0.500. The monoisotopic (exact) mass is 342 g/mol. The average molecular weight is 342 g/mol. The van der Waals surface area contributed by atoms with Crippen LogP contribution in [0.25, 0.3) is 0 Å². The molecule has 0 aromatic carbocycles. The molecule has 1 amide bonds. The SMILES string of the molecule is O=C(NCCc1ccccn1)c1nc2c(s1)CCCN2CC1CC1. The Kier molecular flexibility index (Phi) is 4.47. The molecule has 0 unspecified atom stereocenters. The Morgan fingerprint density at radius 3 is 3.08 bits per heavy atom. The lowest BCUT2D eigenvalue weighted by Crippen LogP contribution is -2.31. The van der Waals surface area contributed by atoms with Crippen LogP contribution in [0, 0.1) is 5.92 Å². The molecule has 4 rings (SSSR count). The van der Waals surface area contributed by atoms with Crippen LogP contribution in [0.1, 0.15) is 39.6 Å². The minimum Gasteiger partial charge on any atom is -0.355 e. The molecule has 0 atom stereocenters. The molecule has 3 heterocycles. The van der Waals surface area contributed by atoms with E-state index in [9.17, 15) is 4.79 Å². The largest absolute Gasteiger partial charge is 0.355 e. The number of amides is 1. The lowest BCUT2D eigenvalue weighted by molar-refractivity contribution is 0.0953. The van der Waals surface area contributed by atoms with E-state index in [1.807, 2.05) is 18.2 Å². The molecule has 1 aliphatic carbocycles. The van der Waals surface area contributed by atoms with Gasteiger partial charge in [-0.25, -0.2) is 4.98 Å². The summed E-state index contributed by atoms with van der Waals surface area (Å²) in [6, 6.07) is 5.84. The number of hydrogen-bond acceptors (Lipinski definition) is 5.